The Morgan fingerprint density at radius 3 is 2.72 bits per heavy atom. The number of unbranched alkanes of at least 4 members (excludes halogenated alkanes) is 1. The Kier molecular flexibility index (Phi) is 5.75. The minimum Gasteiger partial charge on any atom is -0.491 e. The van der Waals surface area contributed by atoms with E-state index >= 15 is 0 Å². The van der Waals surface area contributed by atoms with Gasteiger partial charge in [-0.3, -0.25) is 0 Å². The summed E-state index contributed by atoms with van der Waals surface area (Å²) in [4.78, 5) is 0. The Morgan fingerprint density at radius 2 is 2.11 bits per heavy atom. The third-order valence-electron chi connectivity index (χ3n) is 2.80. The lowest BCUT2D eigenvalue weighted by Crippen LogP contribution is -2.16. The van der Waals surface area contributed by atoms with Crippen molar-refractivity contribution in [2.45, 2.75) is 46.1 Å². The van der Waals surface area contributed by atoms with Gasteiger partial charge in [0.1, 0.15) is 0 Å². The molecule has 3 nitrogen and oxygen atoms in total. The first kappa shape index (κ1) is 14.6. The Balaban J connectivity index is 2.78. The lowest BCUT2D eigenvalue weighted by molar-refractivity contribution is 0.322. The fourth-order valence-electron chi connectivity index (χ4n) is 1.81. The molecule has 0 bridgehead atoms. The largest absolute Gasteiger partial charge is 0.491 e. The number of benzene rings is 1. The summed E-state index contributed by atoms with van der Waals surface area (Å²) < 4.78 is 18.7. The average molecular weight is 254 g/mol. The number of ether oxygens (including phenoxy) is 1. The highest BCUT2D eigenvalue weighted by Crippen LogP contribution is 2.29. The molecule has 0 fully saturated rings. The van der Waals surface area contributed by atoms with Crippen molar-refractivity contribution >= 4 is 11.4 Å². The number of nitrogens with two attached hydrogens (primary N) is 1. The van der Waals surface area contributed by atoms with Crippen molar-refractivity contribution in [3.63, 3.8) is 0 Å². The Hall–Kier alpha value is -1.45. The second kappa shape index (κ2) is 7.09. The van der Waals surface area contributed by atoms with Crippen LogP contribution < -0.4 is 15.8 Å². The number of hydrogen-bond donors (Lipinski definition) is 2. The normalized spacial score (nSPS) is 12.2. The number of rotatable bonds is 7. The van der Waals surface area contributed by atoms with Crippen LogP contribution in [0.4, 0.5) is 15.8 Å². The monoisotopic (exact) mass is 254 g/mol. The summed E-state index contributed by atoms with van der Waals surface area (Å²) in [5.74, 6) is -0.169. The predicted molar refractivity (Wildman–Crippen MR) is 74.6 cm³/mol. The average Bonchev–Trinajstić information content (AvgIpc) is 2.33. The van der Waals surface area contributed by atoms with Crippen molar-refractivity contribution < 1.29 is 9.13 Å². The van der Waals surface area contributed by atoms with Crippen LogP contribution in [0.3, 0.4) is 0 Å². The zero-order chi connectivity index (χ0) is 13.5. The van der Waals surface area contributed by atoms with Gasteiger partial charge in [0, 0.05) is 18.2 Å². The van der Waals surface area contributed by atoms with Gasteiger partial charge in [-0.05, 0) is 20.3 Å². The van der Waals surface area contributed by atoms with Gasteiger partial charge in [-0.2, -0.15) is 0 Å². The molecule has 0 aliphatic heterocycles. The lowest BCUT2D eigenvalue weighted by atomic mass is 10.1. The molecule has 4 heteroatoms. The van der Waals surface area contributed by atoms with Crippen molar-refractivity contribution in [3.05, 3.63) is 17.9 Å². The van der Waals surface area contributed by atoms with Gasteiger partial charge in [0.15, 0.2) is 11.6 Å². The summed E-state index contributed by atoms with van der Waals surface area (Å²) in [6.07, 6.45) is 3.39. The molecular weight excluding hydrogens is 231 g/mol. The summed E-state index contributed by atoms with van der Waals surface area (Å²) in [5.41, 5.74) is 6.96. The molecule has 1 aromatic rings. The minimum absolute atomic E-state index is 0.247. The Morgan fingerprint density at radius 1 is 1.39 bits per heavy atom. The number of halogens is 1. The molecule has 1 atom stereocenters. The third kappa shape index (κ3) is 4.09. The van der Waals surface area contributed by atoms with Crippen LogP contribution >= 0.6 is 0 Å². The van der Waals surface area contributed by atoms with Crippen molar-refractivity contribution in [1.82, 2.24) is 0 Å². The summed E-state index contributed by atoms with van der Waals surface area (Å²) in [6, 6.07) is 3.25. The molecule has 0 aliphatic carbocycles. The zero-order valence-electron chi connectivity index (χ0n) is 11.4. The molecule has 0 aliphatic rings. The SMILES string of the molecule is CCCCC(C)Nc1cc(OCC)c(F)cc1N. The molecule has 1 rings (SSSR count). The van der Waals surface area contributed by atoms with Crippen molar-refractivity contribution in [2.24, 2.45) is 0 Å². The van der Waals surface area contributed by atoms with Crippen molar-refractivity contribution in [1.29, 1.82) is 0 Å². The molecule has 102 valence electrons. The molecule has 0 aromatic heterocycles. The van der Waals surface area contributed by atoms with Crippen LogP contribution in [0.25, 0.3) is 0 Å². The van der Waals surface area contributed by atoms with Gasteiger partial charge in [0.2, 0.25) is 0 Å². The van der Waals surface area contributed by atoms with E-state index in [1.807, 2.05) is 6.92 Å². The van der Waals surface area contributed by atoms with Gasteiger partial charge in [-0.25, -0.2) is 4.39 Å². The number of nitrogens with one attached hydrogen (secondary N) is 1. The van der Waals surface area contributed by atoms with Crippen LogP contribution in [-0.4, -0.2) is 12.6 Å². The first-order valence-electron chi connectivity index (χ1n) is 6.56. The van der Waals surface area contributed by atoms with Crippen molar-refractivity contribution in [3.8, 4) is 5.75 Å². The van der Waals surface area contributed by atoms with Gasteiger partial charge in [-0.15, -0.1) is 0 Å². The zero-order valence-corrected chi connectivity index (χ0v) is 11.4. The standard InChI is InChI=1S/C14H23FN2O/c1-4-6-7-10(3)17-13-9-14(18-5-2)11(15)8-12(13)16/h8-10,17H,4-7,16H2,1-3H3. The van der Waals surface area contributed by atoms with Gasteiger partial charge < -0.3 is 15.8 Å². The summed E-state index contributed by atoms with van der Waals surface area (Å²) >= 11 is 0. The van der Waals surface area contributed by atoms with E-state index in [-0.39, 0.29) is 5.75 Å². The highest BCUT2D eigenvalue weighted by atomic mass is 19.1. The first-order chi connectivity index (χ1) is 8.58. The van der Waals surface area contributed by atoms with Gasteiger partial charge in [-0.1, -0.05) is 19.8 Å². The van der Waals surface area contributed by atoms with Gasteiger partial charge >= 0.3 is 0 Å². The van der Waals surface area contributed by atoms with E-state index in [1.54, 1.807) is 6.07 Å². The van der Waals surface area contributed by atoms with Gasteiger partial charge in [0.05, 0.1) is 18.0 Å². The summed E-state index contributed by atoms with van der Waals surface area (Å²) in [6.45, 7) is 6.52. The number of anilines is 2. The molecule has 3 N–H and O–H groups in total. The fraction of sp³-hybridized carbons (Fsp3) is 0.571. The molecule has 0 heterocycles. The van der Waals surface area contributed by atoms with E-state index in [4.69, 9.17) is 10.5 Å². The van der Waals surface area contributed by atoms with Crippen LogP contribution in [-0.2, 0) is 0 Å². The van der Waals surface area contributed by atoms with Crippen LogP contribution in [0.5, 0.6) is 5.75 Å². The second-order valence-electron chi connectivity index (χ2n) is 4.49. The quantitative estimate of drug-likeness (QED) is 0.728. The maximum absolute atomic E-state index is 13.5. The molecule has 0 radical (unpaired) electrons. The smallest absolute Gasteiger partial charge is 0.167 e. The Bertz CT molecular complexity index is 382. The van der Waals surface area contributed by atoms with Crippen LogP contribution in [0.1, 0.15) is 40.0 Å². The molecule has 1 aromatic carbocycles. The van der Waals surface area contributed by atoms with E-state index in [9.17, 15) is 4.39 Å². The van der Waals surface area contributed by atoms with Crippen LogP contribution in [0, 0.1) is 5.82 Å². The lowest BCUT2D eigenvalue weighted by Gasteiger charge is -2.17. The summed E-state index contributed by atoms with van der Waals surface area (Å²) in [5, 5.41) is 3.30. The van der Waals surface area contributed by atoms with E-state index in [1.165, 1.54) is 6.07 Å². The number of nitrogen functional groups attached to an aromatic ring is 1. The van der Waals surface area contributed by atoms with E-state index < -0.39 is 5.82 Å². The fourth-order valence-corrected chi connectivity index (χ4v) is 1.81. The first-order valence-corrected chi connectivity index (χ1v) is 6.56. The number of hydrogen-bond acceptors (Lipinski definition) is 3. The van der Waals surface area contributed by atoms with Crippen LogP contribution in [0.15, 0.2) is 12.1 Å². The minimum atomic E-state index is -0.416. The Labute approximate surface area is 109 Å². The third-order valence-corrected chi connectivity index (χ3v) is 2.80. The van der Waals surface area contributed by atoms with Crippen LogP contribution in [0.2, 0.25) is 0 Å². The molecule has 0 saturated carbocycles. The summed E-state index contributed by atoms with van der Waals surface area (Å²) in [7, 11) is 0. The topological polar surface area (TPSA) is 47.3 Å². The van der Waals surface area contributed by atoms with E-state index in [2.05, 4.69) is 19.2 Å². The van der Waals surface area contributed by atoms with E-state index in [0.29, 0.717) is 18.3 Å². The highest BCUT2D eigenvalue weighted by molar-refractivity contribution is 5.68. The van der Waals surface area contributed by atoms with Gasteiger partial charge in [0.25, 0.3) is 0 Å². The molecule has 18 heavy (non-hydrogen) atoms. The molecule has 1 unspecified atom stereocenters. The second-order valence-corrected chi connectivity index (χ2v) is 4.49. The highest BCUT2D eigenvalue weighted by Gasteiger charge is 2.10. The maximum Gasteiger partial charge on any atom is 0.167 e. The molecule has 0 spiro atoms. The predicted octanol–water partition coefficient (Wildman–Crippen LogP) is 3.80. The molecule has 0 saturated heterocycles. The molecule has 0 amide bonds. The van der Waals surface area contributed by atoms with Crippen molar-refractivity contribution in [2.75, 3.05) is 17.7 Å². The molecular formula is C14H23FN2O. The van der Waals surface area contributed by atoms with E-state index in [0.717, 1.165) is 24.9 Å². The maximum atomic E-state index is 13.5.